The molecule has 0 fully saturated rings. The van der Waals surface area contributed by atoms with E-state index in [0.29, 0.717) is 16.8 Å². The van der Waals surface area contributed by atoms with Crippen molar-refractivity contribution in [1.82, 2.24) is 0 Å². The Morgan fingerprint density at radius 2 is 1.73 bits per heavy atom. The van der Waals surface area contributed by atoms with Gasteiger partial charge in [-0.15, -0.1) is 0 Å². The van der Waals surface area contributed by atoms with Gasteiger partial charge in [-0.2, -0.15) is 0 Å². The summed E-state index contributed by atoms with van der Waals surface area (Å²) in [6.45, 7) is 0. The van der Waals surface area contributed by atoms with Crippen LogP contribution in [-0.4, -0.2) is 17.7 Å². The standard InChI is InChI=1S/C17H11NO4/c19-16(20)13-8-6-11(7-9-13)10-14-15(18-22-17(14)21)12-4-2-1-3-5-12/h1-10H,(H,19,20)/p-1/b14-10-. The number of benzene rings is 2. The first-order valence-electron chi connectivity index (χ1n) is 6.53. The van der Waals surface area contributed by atoms with Gasteiger partial charge in [0.25, 0.3) is 0 Å². The Morgan fingerprint density at radius 1 is 1.05 bits per heavy atom. The van der Waals surface area contributed by atoms with Crippen LogP contribution in [0.15, 0.2) is 65.3 Å². The van der Waals surface area contributed by atoms with Crippen molar-refractivity contribution < 1.29 is 19.5 Å². The number of hydrogen-bond donors (Lipinski definition) is 0. The lowest BCUT2D eigenvalue weighted by Gasteiger charge is -2.03. The van der Waals surface area contributed by atoms with Crippen molar-refractivity contribution >= 4 is 23.7 Å². The molecule has 0 aliphatic carbocycles. The van der Waals surface area contributed by atoms with Crippen molar-refractivity contribution in [3.05, 3.63) is 76.9 Å². The molecule has 0 aromatic heterocycles. The third kappa shape index (κ3) is 2.64. The molecule has 0 radical (unpaired) electrons. The zero-order chi connectivity index (χ0) is 15.5. The summed E-state index contributed by atoms with van der Waals surface area (Å²) in [7, 11) is 0. The fourth-order valence-electron chi connectivity index (χ4n) is 2.10. The molecule has 3 rings (SSSR count). The Bertz CT molecular complexity index is 789. The first-order chi connectivity index (χ1) is 10.6. The molecule has 1 aliphatic heterocycles. The van der Waals surface area contributed by atoms with E-state index in [1.54, 1.807) is 18.2 Å². The topological polar surface area (TPSA) is 78.8 Å². The fraction of sp³-hybridized carbons (Fsp3) is 0. The normalized spacial score (nSPS) is 15.5. The lowest BCUT2D eigenvalue weighted by Crippen LogP contribution is -2.21. The van der Waals surface area contributed by atoms with Crippen molar-refractivity contribution in [1.29, 1.82) is 0 Å². The van der Waals surface area contributed by atoms with Crippen molar-refractivity contribution in [2.24, 2.45) is 5.16 Å². The molecular weight excluding hydrogens is 282 g/mol. The number of rotatable bonds is 3. The summed E-state index contributed by atoms with van der Waals surface area (Å²) >= 11 is 0. The molecular formula is C17H10NO4-. The Balaban J connectivity index is 1.96. The maximum absolute atomic E-state index is 11.8. The minimum Gasteiger partial charge on any atom is -0.545 e. The van der Waals surface area contributed by atoms with Crippen molar-refractivity contribution in [2.45, 2.75) is 0 Å². The van der Waals surface area contributed by atoms with Crippen LogP contribution in [0.4, 0.5) is 0 Å². The third-order valence-electron chi connectivity index (χ3n) is 3.20. The molecule has 0 amide bonds. The van der Waals surface area contributed by atoms with Gasteiger partial charge in [-0.25, -0.2) is 4.79 Å². The Labute approximate surface area is 126 Å². The predicted octanol–water partition coefficient (Wildman–Crippen LogP) is 1.39. The summed E-state index contributed by atoms with van der Waals surface area (Å²) in [5.74, 6) is -1.78. The molecule has 0 N–H and O–H groups in total. The monoisotopic (exact) mass is 292 g/mol. The van der Waals surface area contributed by atoms with Crippen LogP contribution < -0.4 is 5.11 Å². The molecule has 2 aromatic rings. The van der Waals surface area contributed by atoms with E-state index in [4.69, 9.17) is 4.84 Å². The second kappa shape index (κ2) is 5.65. The minimum absolute atomic E-state index is 0.0769. The number of hydrogen-bond acceptors (Lipinski definition) is 5. The molecule has 2 aromatic carbocycles. The Hall–Kier alpha value is -3.21. The zero-order valence-electron chi connectivity index (χ0n) is 11.4. The van der Waals surface area contributed by atoms with Crippen molar-refractivity contribution in [3.8, 4) is 0 Å². The van der Waals surface area contributed by atoms with Gasteiger partial charge in [0.1, 0.15) is 5.71 Å². The maximum Gasteiger partial charge on any atom is 0.368 e. The van der Waals surface area contributed by atoms with E-state index < -0.39 is 11.9 Å². The maximum atomic E-state index is 11.8. The zero-order valence-corrected chi connectivity index (χ0v) is 11.4. The lowest BCUT2D eigenvalue weighted by molar-refractivity contribution is -0.255. The van der Waals surface area contributed by atoms with Crippen LogP contribution in [0.2, 0.25) is 0 Å². The molecule has 1 aliphatic rings. The molecule has 0 saturated carbocycles. The summed E-state index contributed by atoms with van der Waals surface area (Å²) in [5, 5.41) is 14.5. The van der Waals surface area contributed by atoms with E-state index in [2.05, 4.69) is 5.16 Å². The number of aromatic carboxylic acids is 1. The summed E-state index contributed by atoms with van der Waals surface area (Å²) < 4.78 is 0. The molecule has 0 spiro atoms. The van der Waals surface area contributed by atoms with E-state index in [1.807, 2.05) is 30.3 Å². The minimum atomic E-state index is -1.24. The van der Waals surface area contributed by atoms with Crippen LogP contribution in [0.5, 0.6) is 0 Å². The second-order valence-corrected chi connectivity index (χ2v) is 4.65. The third-order valence-corrected chi connectivity index (χ3v) is 3.20. The molecule has 0 atom stereocenters. The molecule has 22 heavy (non-hydrogen) atoms. The summed E-state index contributed by atoms with van der Waals surface area (Å²) in [6.07, 6.45) is 1.61. The molecule has 0 unspecified atom stereocenters. The Morgan fingerprint density at radius 3 is 2.36 bits per heavy atom. The highest BCUT2D eigenvalue weighted by atomic mass is 16.7. The van der Waals surface area contributed by atoms with Gasteiger partial charge in [0, 0.05) is 5.56 Å². The quantitative estimate of drug-likeness (QED) is 0.632. The smallest absolute Gasteiger partial charge is 0.368 e. The van der Waals surface area contributed by atoms with Gasteiger partial charge in [0.05, 0.1) is 11.5 Å². The number of oxime groups is 1. The van der Waals surface area contributed by atoms with Gasteiger partial charge < -0.3 is 14.7 Å². The molecule has 0 bridgehead atoms. The van der Waals surface area contributed by atoms with Crippen LogP contribution in [0.1, 0.15) is 21.5 Å². The van der Waals surface area contributed by atoms with E-state index in [0.717, 1.165) is 5.56 Å². The summed E-state index contributed by atoms with van der Waals surface area (Å²) in [4.78, 5) is 27.3. The molecule has 108 valence electrons. The van der Waals surface area contributed by atoms with Gasteiger partial charge in [-0.3, -0.25) is 0 Å². The summed E-state index contributed by atoms with van der Waals surface area (Å²) in [6, 6.07) is 15.2. The van der Waals surface area contributed by atoms with Crippen molar-refractivity contribution in [3.63, 3.8) is 0 Å². The largest absolute Gasteiger partial charge is 0.545 e. The first kappa shape index (κ1) is 13.8. The van der Waals surface area contributed by atoms with E-state index >= 15 is 0 Å². The van der Waals surface area contributed by atoms with Crippen LogP contribution in [0, 0.1) is 0 Å². The molecule has 5 nitrogen and oxygen atoms in total. The van der Waals surface area contributed by atoms with Crippen LogP contribution in [0.25, 0.3) is 6.08 Å². The number of carboxylic acid groups (broad SMARTS) is 1. The molecule has 0 saturated heterocycles. The number of nitrogens with zero attached hydrogens (tertiary/aromatic N) is 1. The summed E-state index contributed by atoms with van der Waals surface area (Å²) in [5.41, 5.74) is 2.29. The number of carbonyl (C=O) groups is 2. The first-order valence-corrected chi connectivity index (χ1v) is 6.53. The van der Waals surface area contributed by atoms with E-state index in [1.165, 1.54) is 12.1 Å². The van der Waals surface area contributed by atoms with E-state index in [9.17, 15) is 14.7 Å². The highest BCUT2D eigenvalue weighted by Gasteiger charge is 2.26. The highest BCUT2D eigenvalue weighted by Crippen LogP contribution is 2.20. The average Bonchev–Trinajstić information content (AvgIpc) is 2.90. The lowest BCUT2D eigenvalue weighted by atomic mass is 10.0. The fourth-order valence-corrected chi connectivity index (χ4v) is 2.10. The van der Waals surface area contributed by atoms with Gasteiger partial charge in [0.2, 0.25) is 0 Å². The SMILES string of the molecule is O=C1ON=C(c2ccccc2)/C1=C/c1ccc(C(=O)[O-])cc1. The number of carboxylic acids is 1. The van der Waals surface area contributed by atoms with E-state index in [-0.39, 0.29) is 5.56 Å². The number of carbonyl (C=O) groups excluding carboxylic acids is 2. The predicted molar refractivity (Wildman–Crippen MR) is 77.8 cm³/mol. The van der Waals surface area contributed by atoms with Crippen LogP contribution >= 0.6 is 0 Å². The Kier molecular flexibility index (Phi) is 3.53. The van der Waals surface area contributed by atoms with Gasteiger partial charge >= 0.3 is 5.97 Å². The average molecular weight is 292 g/mol. The van der Waals surface area contributed by atoms with Crippen LogP contribution in [-0.2, 0) is 9.63 Å². The van der Waals surface area contributed by atoms with Crippen molar-refractivity contribution in [2.75, 3.05) is 0 Å². The van der Waals surface area contributed by atoms with Gasteiger partial charge in [0.15, 0.2) is 0 Å². The van der Waals surface area contributed by atoms with Gasteiger partial charge in [-0.05, 0) is 17.2 Å². The highest BCUT2D eigenvalue weighted by molar-refractivity contribution is 6.31. The molecule has 5 heteroatoms. The van der Waals surface area contributed by atoms with Crippen LogP contribution in [0.3, 0.4) is 0 Å². The van der Waals surface area contributed by atoms with Gasteiger partial charge in [-0.1, -0.05) is 59.8 Å². The molecule has 1 heterocycles. The second-order valence-electron chi connectivity index (χ2n) is 4.65.